The Labute approximate surface area is 102 Å². The number of rotatable bonds is 3. The van der Waals surface area contributed by atoms with Crippen LogP contribution in [0, 0.1) is 0 Å². The summed E-state index contributed by atoms with van der Waals surface area (Å²) in [7, 11) is 2.25. The molecule has 0 saturated carbocycles. The smallest absolute Gasteiger partial charge is 0.0327 e. The predicted octanol–water partition coefficient (Wildman–Crippen LogP) is 2.35. The Morgan fingerprint density at radius 2 is 2.20 bits per heavy atom. The Morgan fingerprint density at radius 1 is 1.47 bits per heavy atom. The summed E-state index contributed by atoms with van der Waals surface area (Å²) in [4.78, 5) is 3.97. The van der Waals surface area contributed by atoms with E-state index in [4.69, 9.17) is 0 Å². The van der Waals surface area contributed by atoms with E-state index in [1.165, 1.54) is 30.8 Å². The van der Waals surface area contributed by atoms with Gasteiger partial charge >= 0.3 is 0 Å². The van der Waals surface area contributed by atoms with Gasteiger partial charge in [-0.2, -0.15) is 0 Å². The zero-order valence-electron chi connectivity index (χ0n) is 9.11. The Hall–Kier alpha value is -0.0900. The lowest BCUT2D eigenvalue weighted by atomic mass is 10.1. The molecule has 1 aromatic heterocycles. The molecule has 0 aliphatic carbocycles. The molecule has 1 saturated heterocycles. The molecule has 0 aromatic carbocycles. The average Bonchev–Trinajstić information content (AvgIpc) is 2.72. The summed E-state index contributed by atoms with van der Waals surface area (Å²) < 4.78 is 0. The van der Waals surface area contributed by atoms with Gasteiger partial charge in [0.15, 0.2) is 0 Å². The highest BCUT2D eigenvalue weighted by Gasteiger charge is 2.17. The Bertz CT molecular complexity index is 258. The molecule has 1 aliphatic heterocycles. The Kier molecular flexibility index (Phi) is 5.61. The van der Waals surface area contributed by atoms with Crippen LogP contribution < -0.4 is 5.32 Å². The number of thiophene rings is 1. The van der Waals surface area contributed by atoms with Crippen molar-refractivity contribution < 1.29 is 0 Å². The lowest BCUT2D eigenvalue weighted by Gasteiger charge is -2.31. The van der Waals surface area contributed by atoms with Crippen LogP contribution in [-0.4, -0.2) is 31.1 Å². The van der Waals surface area contributed by atoms with E-state index in [1.54, 1.807) is 0 Å². The van der Waals surface area contributed by atoms with Crippen molar-refractivity contribution in [2.45, 2.75) is 25.4 Å². The molecule has 1 fully saturated rings. The molecule has 86 valence electrons. The van der Waals surface area contributed by atoms with Crippen LogP contribution in [0.15, 0.2) is 17.5 Å². The van der Waals surface area contributed by atoms with Crippen LogP contribution >= 0.6 is 23.7 Å². The van der Waals surface area contributed by atoms with E-state index >= 15 is 0 Å². The van der Waals surface area contributed by atoms with Crippen molar-refractivity contribution in [3.63, 3.8) is 0 Å². The zero-order chi connectivity index (χ0) is 9.80. The fraction of sp³-hybridized carbons (Fsp3) is 0.636. The first-order valence-electron chi connectivity index (χ1n) is 5.29. The molecule has 0 amide bonds. The van der Waals surface area contributed by atoms with E-state index in [2.05, 4.69) is 34.8 Å². The maximum Gasteiger partial charge on any atom is 0.0327 e. The van der Waals surface area contributed by atoms with Crippen LogP contribution in [0.5, 0.6) is 0 Å². The van der Waals surface area contributed by atoms with Crippen molar-refractivity contribution in [3.8, 4) is 0 Å². The predicted molar refractivity (Wildman–Crippen MR) is 68.9 cm³/mol. The highest BCUT2D eigenvalue weighted by Crippen LogP contribution is 2.16. The van der Waals surface area contributed by atoms with Crippen LogP contribution in [0.3, 0.4) is 0 Å². The summed E-state index contributed by atoms with van der Waals surface area (Å²) in [6.45, 7) is 3.47. The van der Waals surface area contributed by atoms with E-state index in [-0.39, 0.29) is 12.4 Å². The van der Waals surface area contributed by atoms with Crippen LogP contribution in [0.1, 0.15) is 17.7 Å². The lowest BCUT2D eigenvalue weighted by Crippen LogP contribution is -2.40. The van der Waals surface area contributed by atoms with E-state index in [0.29, 0.717) is 0 Å². The fourth-order valence-electron chi connectivity index (χ4n) is 2.02. The van der Waals surface area contributed by atoms with Crippen LogP contribution in [-0.2, 0) is 6.54 Å². The summed E-state index contributed by atoms with van der Waals surface area (Å²) in [5.41, 5.74) is 0. The summed E-state index contributed by atoms with van der Waals surface area (Å²) in [5, 5.41) is 5.56. The minimum atomic E-state index is 0. The van der Waals surface area contributed by atoms with Gasteiger partial charge in [0.25, 0.3) is 0 Å². The van der Waals surface area contributed by atoms with E-state index < -0.39 is 0 Å². The minimum absolute atomic E-state index is 0. The Balaban J connectivity index is 0.00000112. The topological polar surface area (TPSA) is 15.3 Å². The van der Waals surface area contributed by atoms with Gasteiger partial charge < -0.3 is 5.32 Å². The third-order valence-electron chi connectivity index (χ3n) is 2.92. The molecule has 1 N–H and O–H groups in total. The third kappa shape index (κ3) is 3.76. The van der Waals surface area contributed by atoms with Gasteiger partial charge in [0, 0.05) is 17.5 Å². The summed E-state index contributed by atoms with van der Waals surface area (Å²) in [6, 6.07) is 5.14. The van der Waals surface area contributed by atoms with Gasteiger partial charge in [-0.1, -0.05) is 6.07 Å². The Morgan fingerprint density at radius 3 is 2.80 bits per heavy atom. The number of nitrogens with zero attached hydrogens (tertiary/aromatic N) is 1. The average molecular weight is 247 g/mol. The monoisotopic (exact) mass is 246 g/mol. The van der Waals surface area contributed by atoms with Crippen molar-refractivity contribution in [1.29, 1.82) is 0 Å². The summed E-state index contributed by atoms with van der Waals surface area (Å²) in [6.07, 6.45) is 2.59. The molecule has 2 rings (SSSR count). The highest BCUT2D eigenvalue weighted by molar-refractivity contribution is 7.09. The van der Waals surface area contributed by atoms with Gasteiger partial charge in [0.05, 0.1) is 0 Å². The van der Waals surface area contributed by atoms with Crippen LogP contribution in [0.2, 0.25) is 0 Å². The van der Waals surface area contributed by atoms with Crippen molar-refractivity contribution in [2.75, 3.05) is 20.1 Å². The molecule has 1 aromatic rings. The number of piperidine rings is 1. The molecule has 0 spiro atoms. The van der Waals surface area contributed by atoms with Gasteiger partial charge in [-0.05, 0) is 44.4 Å². The van der Waals surface area contributed by atoms with E-state index in [0.717, 1.165) is 12.6 Å². The normalized spacial score (nSPS) is 17.7. The number of hydrogen-bond acceptors (Lipinski definition) is 3. The molecule has 15 heavy (non-hydrogen) atoms. The molecule has 2 heterocycles. The highest BCUT2D eigenvalue weighted by atomic mass is 35.5. The molecular weight excluding hydrogens is 228 g/mol. The molecule has 0 unspecified atom stereocenters. The van der Waals surface area contributed by atoms with E-state index in [9.17, 15) is 0 Å². The largest absolute Gasteiger partial charge is 0.317 e. The number of hydrogen-bond donors (Lipinski definition) is 1. The molecule has 4 heteroatoms. The second-order valence-electron chi connectivity index (χ2n) is 3.98. The van der Waals surface area contributed by atoms with Gasteiger partial charge in [0.1, 0.15) is 0 Å². The van der Waals surface area contributed by atoms with E-state index in [1.807, 2.05) is 11.3 Å². The number of halogens is 1. The van der Waals surface area contributed by atoms with Gasteiger partial charge in [-0.15, -0.1) is 23.7 Å². The molecule has 0 bridgehead atoms. The quantitative estimate of drug-likeness (QED) is 0.881. The van der Waals surface area contributed by atoms with Gasteiger partial charge in [-0.25, -0.2) is 0 Å². The molecule has 2 nitrogen and oxygen atoms in total. The van der Waals surface area contributed by atoms with Crippen molar-refractivity contribution in [1.82, 2.24) is 10.2 Å². The van der Waals surface area contributed by atoms with Crippen molar-refractivity contribution in [3.05, 3.63) is 22.4 Å². The molecule has 0 atom stereocenters. The standard InChI is InChI=1S/C11H18N2S.ClH/c1-13(9-11-3-2-8-14-11)10-4-6-12-7-5-10;/h2-3,8,10,12H,4-7,9H2,1H3;1H. The van der Waals surface area contributed by atoms with Gasteiger partial charge in [0.2, 0.25) is 0 Å². The molecule has 0 radical (unpaired) electrons. The fourth-order valence-corrected chi connectivity index (χ4v) is 2.79. The summed E-state index contributed by atoms with van der Waals surface area (Å²) >= 11 is 1.86. The third-order valence-corrected chi connectivity index (χ3v) is 3.78. The summed E-state index contributed by atoms with van der Waals surface area (Å²) in [5.74, 6) is 0. The second kappa shape index (κ2) is 6.48. The maximum atomic E-state index is 3.40. The maximum absolute atomic E-state index is 3.40. The minimum Gasteiger partial charge on any atom is -0.317 e. The first-order valence-corrected chi connectivity index (χ1v) is 6.17. The number of nitrogens with one attached hydrogen (secondary N) is 1. The lowest BCUT2D eigenvalue weighted by molar-refractivity contribution is 0.193. The molecular formula is C11H19ClN2S. The second-order valence-corrected chi connectivity index (χ2v) is 5.01. The zero-order valence-corrected chi connectivity index (χ0v) is 10.7. The first-order chi connectivity index (χ1) is 6.86. The molecule has 1 aliphatic rings. The van der Waals surface area contributed by atoms with Crippen molar-refractivity contribution >= 4 is 23.7 Å². The van der Waals surface area contributed by atoms with Crippen molar-refractivity contribution in [2.24, 2.45) is 0 Å². The van der Waals surface area contributed by atoms with Crippen LogP contribution in [0.4, 0.5) is 0 Å². The van der Waals surface area contributed by atoms with Crippen LogP contribution in [0.25, 0.3) is 0 Å². The van der Waals surface area contributed by atoms with Gasteiger partial charge in [-0.3, -0.25) is 4.90 Å². The first kappa shape index (κ1) is 13.0. The SMILES string of the molecule is CN(Cc1cccs1)C1CCNCC1.Cl.